The van der Waals surface area contributed by atoms with Gasteiger partial charge < -0.3 is 10.4 Å². The number of nitrogens with one attached hydrogen (secondary N) is 2. The maximum absolute atomic E-state index is 12.5. The molecular weight excluding hydrogens is 492 g/mol. The second-order valence-corrected chi connectivity index (χ2v) is 9.54. The van der Waals surface area contributed by atoms with Crippen LogP contribution in [0.15, 0.2) is 71.3 Å². The normalized spacial score (nSPS) is 11.3. The molecule has 3 aromatic heterocycles. The minimum Gasteiger partial charge on any atom is -0.506 e. The molecule has 0 saturated heterocycles. The average molecular weight is 511 g/mol. The summed E-state index contributed by atoms with van der Waals surface area (Å²) in [4.78, 5) is 30.5. The van der Waals surface area contributed by atoms with Gasteiger partial charge in [0, 0.05) is 16.6 Å². The van der Waals surface area contributed by atoms with Crippen molar-refractivity contribution in [3.05, 3.63) is 92.2 Å². The molecule has 0 unspecified atom stereocenters. The molecule has 2 amide bonds. The zero-order valence-corrected chi connectivity index (χ0v) is 20.3. The van der Waals surface area contributed by atoms with Crippen LogP contribution in [0.25, 0.3) is 10.4 Å². The van der Waals surface area contributed by atoms with Gasteiger partial charge in [-0.3, -0.25) is 14.6 Å². The summed E-state index contributed by atoms with van der Waals surface area (Å²) in [5, 5.41) is 19.9. The molecule has 10 heteroatoms. The van der Waals surface area contributed by atoms with Crippen molar-refractivity contribution in [1.29, 1.82) is 0 Å². The van der Waals surface area contributed by atoms with Gasteiger partial charge in [0.1, 0.15) is 5.75 Å². The fourth-order valence-corrected chi connectivity index (χ4v) is 5.04. The summed E-state index contributed by atoms with van der Waals surface area (Å²) >= 11 is 8.47. The minimum atomic E-state index is -0.446. The third kappa shape index (κ3) is 5.51. The fourth-order valence-electron chi connectivity index (χ4n) is 3.04. The Morgan fingerprint density at radius 3 is 2.62 bits per heavy atom. The topological polar surface area (TPSA) is 104 Å². The Hall–Kier alpha value is -3.53. The number of carbonyl (C=O) groups excluding carboxylic acids is 2. The summed E-state index contributed by atoms with van der Waals surface area (Å²) in [5.74, 6) is -0.658. The van der Waals surface area contributed by atoms with E-state index in [4.69, 9.17) is 11.6 Å². The lowest BCUT2D eigenvalue weighted by Crippen LogP contribution is -2.22. The standard InChI is InChI=1S/C24H19ClN4O3S2/c1-14(18-13-33-22(21(18)30)15-5-4-6-16(25)11-15)28-29-24(32)20-9-8-19(34-20)23(31)27-12-17-7-2-3-10-26-17/h2-11,13,30H,12H2,1H3,(H,27,31)(H,29,32)/b28-14+. The average Bonchev–Trinajstić information content (AvgIpc) is 3.49. The molecule has 0 bridgehead atoms. The molecule has 0 aliphatic rings. The third-order valence-electron chi connectivity index (χ3n) is 4.78. The van der Waals surface area contributed by atoms with Crippen LogP contribution in [0.3, 0.4) is 0 Å². The van der Waals surface area contributed by atoms with Crippen molar-refractivity contribution < 1.29 is 14.7 Å². The third-order valence-corrected chi connectivity index (χ3v) is 7.11. The maximum Gasteiger partial charge on any atom is 0.281 e. The Morgan fingerprint density at radius 2 is 1.88 bits per heavy atom. The first-order chi connectivity index (χ1) is 16.4. The van der Waals surface area contributed by atoms with Crippen LogP contribution in [0.4, 0.5) is 0 Å². The van der Waals surface area contributed by atoms with Gasteiger partial charge in [0.2, 0.25) is 0 Å². The Kier molecular flexibility index (Phi) is 7.36. The van der Waals surface area contributed by atoms with Crippen molar-refractivity contribution in [3.63, 3.8) is 0 Å². The number of pyridine rings is 1. The highest BCUT2D eigenvalue weighted by atomic mass is 35.5. The molecule has 0 aliphatic carbocycles. The number of rotatable bonds is 7. The molecule has 1 aromatic carbocycles. The van der Waals surface area contributed by atoms with E-state index in [2.05, 4.69) is 20.8 Å². The first-order valence-corrected chi connectivity index (χ1v) is 12.2. The molecule has 4 rings (SSSR count). The van der Waals surface area contributed by atoms with Crippen LogP contribution < -0.4 is 10.7 Å². The van der Waals surface area contributed by atoms with Gasteiger partial charge in [0.05, 0.1) is 38.1 Å². The number of thiophene rings is 2. The minimum absolute atomic E-state index is 0.0748. The van der Waals surface area contributed by atoms with Crippen LogP contribution >= 0.6 is 34.3 Å². The Balaban J connectivity index is 1.39. The predicted octanol–water partition coefficient (Wildman–Crippen LogP) is 5.31. The van der Waals surface area contributed by atoms with E-state index >= 15 is 0 Å². The van der Waals surface area contributed by atoms with Gasteiger partial charge in [0.15, 0.2) is 0 Å². The molecule has 34 heavy (non-hydrogen) atoms. The number of aromatic hydroxyl groups is 1. The zero-order chi connectivity index (χ0) is 24.1. The SMILES string of the molecule is C/C(=N\NC(=O)c1ccc(C(=O)NCc2ccccn2)s1)c1csc(-c2cccc(Cl)c2)c1O. The highest BCUT2D eigenvalue weighted by molar-refractivity contribution is 7.16. The Morgan fingerprint density at radius 1 is 1.09 bits per heavy atom. The maximum atomic E-state index is 12.5. The lowest BCUT2D eigenvalue weighted by Gasteiger charge is -2.03. The van der Waals surface area contributed by atoms with Crippen LogP contribution in [0.2, 0.25) is 5.02 Å². The molecule has 172 valence electrons. The summed E-state index contributed by atoms with van der Waals surface area (Å²) in [6, 6.07) is 15.8. The number of hydrogen-bond donors (Lipinski definition) is 3. The van der Waals surface area contributed by atoms with Gasteiger partial charge in [-0.1, -0.05) is 29.8 Å². The molecule has 0 aliphatic heterocycles. The van der Waals surface area contributed by atoms with Crippen molar-refractivity contribution in [2.75, 3.05) is 0 Å². The zero-order valence-electron chi connectivity index (χ0n) is 17.9. The number of amides is 2. The fraction of sp³-hybridized carbons (Fsp3) is 0.0833. The summed E-state index contributed by atoms with van der Waals surface area (Å²) in [6.45, 7) is 1.98. The van der Waals surface area contributed by atoms with Gasteiger partial charge in [0.25, 0.3) is 11.8 Å². The molecule has 4 aromatic rings. The van der Waals surface area contributed by atoms with Crippen LogP contribution in [-0.4, -0.2) is 27.6 Å². The van der Waals surface area contributed by atoms with E-state index in [1.807, 2.05) is 24.3 Å². The Labute approximate surface area is 208 Å². The van der Waals surface area contributed by atoms with Gasteiger partial charge in [-0.2, -0.15) is 5.10 Å². The summed E-state index contributed by atoms with van der Waals surface area (Å²) in [6.07, 6.45) is 1.66. The summed E-state index contributed by atoms with van der Waals surface area (Å²) < 4.78 is 0. The molecule has 3 N–H and O–H groups in total. The van der Waals surface area contributed by atoms with Crippen molar-refractivity contribution >= 4 is 51.8 Å². The first kappa shape index (κ1) is 23.6. The second-order valence-electron chi connectivity index (χ2n) is 7.14. The number of nitrogens with zero attached hydrogens (tertiary/aromatic N) is 2. The number of hydrogen-bond acceptors (Lipinski definition) is 7. The highest BCUT2D eigenvalue weighted by Crippen LogP contribution is 2.39. The van der Waals surface area contributed by atoms with Crippen LogP contribution in [0, 0.1) is 0 Å². The molecule has 3 heterocycles. The molecular formula is C24H19ClN4O3S2. The monoisotopic (exact) mass is 510 g/mol. The number of carbonyl (C=O) groups is 2. The summed E-state index contributed by atoms with van der Waals surface area (Å²) in [7, 11) is 0. The van der Waals surface area contributed by atoms with E-state index < -0.39 is 5.91 Å². The number of benzene rings is 1. The van der Waals surface area contributed by atoms with Gasteiger partial charge in [-0.15, -0.1) is 22.7 Å². The molecule has 0 spiro atoms. The first-order valence-electron chi connectivity index (χ1n) is 10.1. The van der Waals surface area contributed by atoms with Crippen molar-refractivity contribution in [2.45, 2.75) is 13.5 Å². The quantitative estimate of drug-likeness (QED) is 0.231. The number of aromatic nitrogens is 1. The second kappa shape index (κ2) is 10.6. The van der Waals surface area contributed by atoms with Crippen LogP contribution in [0.5, 0.6) is 5.75 Å². The Bertz CT molecular complexity index is 1370. The molecule has 0 fully saturated rings. The summed E-state index contributed by atoms with van der Waals surface area (Å²) in [5.41, 5.74) is 4.98. The van der Waals surface area contributed by atoms with Crippen molar-refractivity contribution in [3.8, 4) is 16.2 Å². The van der Waals surface area contributed by atoms with Crippen LogP contribution in [-0.2, 0) is 6.54 Å². The van der Waals surface area contributed by atoms with E-state index in [1.54, 1.807) is 48.8 Å². The molecule has 0 radical (unpaired) electrons. The van der Waals surface area contributed by atoms with E-state index in [0.29, 0.717) is 37.5 Å². The van der Waals surface area contributed by atoms with Crippen molar-refractivity contribution in [2.24, 2.45) is 5.10 Å². The van der Waals surface area contributed by atoms with Gasteiger partial charge in [-0.05, 0) is 48.9 Å². The molecule has 0 atom stereocenters. The highest BCUT2D eigenvalue weighted by Gasteiger charge is 2.17. The van der Waals surface area contributed by atoms with E-state index in [1.165, 1.54) is 11.3 Å². The lowest BCUT2D eigenvalue weighted by molar-refractivity contribution is 0.0949. The van der Waals surface area contributed by atoms with E-state index in [0.717, 1.165) is 22.6 Å². The number of halogens is 1. The van der Waals surface area contributed by atoms with E-state index in [-0.39, 0.29) is 11.7 Å². The van der Waals surface area contributed by atoms with E-state index in [9.17, 15) is 14.7 Å². The van der Waals surface area contributed by atoms with Crippen LogP contribution in [0.1, 0.15) is 37.5 Å². The largest absolute Gasteiger partial charge is 0.506 e. The predicted molar refractivity (Wildman–Crippen MR) is 136 cm³/mol. The number of hydrazone groups is 1. The van der Waals surface area contributed by atoms with Crippen molar-refractivity contribution in [1.82, 2.24) is 15.7 Å². The van der Waals surface area contributed by atoms with Gasteiger partial charge in [-0.25, -0.2) is 5.43 Å². The smallest absolute Gasteiger partial charge is 0.281 e. The molecule has 0 saturated carbocycles. The lowest BCUT2D eigenvalue weighted by atomic mass is 10.1. The van der Waals surface area contributed by atoms with Gasteiger partial charge >= 0.3 is 0 Å². The molecule has 7 nitrogen and oxygen atoms in total.